The summed E-state index contributed by atoms with van der Waals surface area (Å²) in [5.74, 6) is -0.493. The number of piperazine rings is 1. The van der Waals surface area contributed by atoms with Crippen molar-refractivity contribution in [3.63, 3.8) is 0 Å². The molecule has 0 radical (unpaired) electrons. The highest BCUT2D eigenvalue weighted by Gasteiger charge is 2.15. The van der Waals surface area contributed by atoms with Crippen molar-refractivity contribution in [1.29, 1.82) is 0 Å². The number of anilines is 3. The standard InChI is InChI=1S/C25H25ClN4O2/c1-29-13-15-30(16-14-29)21-10-7-19(8-11-21)24(31)27-20-9-12-22(26)23(17-20)28-25(32)18-5-3-2-4-6-18/h2-12,17H,13-16H2,1H3,(H,27,31)(H,28,32). The van der Waals surface area contributed by atoms with Crippen LogP contribution in [0, 0.1) is 0 Å². The summed E-state index contributed by atoms with van der Waals surface area (Å²) >= 11 is 6.25. The maximum Gasteiger partial charge on any atom is 0.255 e. The van der Waals surface area contributed by atoms with Crippen LogP contribution in [0.15, 0.2) is 72.8 Å². The van der Waals surface area contributed by atoms with Crippen LogP contribution in [0.5, 0.6) is 0 Å². The number of carbonyl (C=O) groups excluding carboxylic acids is 2. The molecule has 1 heterocycles. The number of halogens is 1. The average molecular weight is 449 g/mol. The van der Waals surface area contributed by atoms with Crippen LogP contribution in [0.25, 0.3) is 0 Å². The maximum absolute atomic E-state index is 12.7. The summed E-state index contributed by atoms with van der Waals surface area (Å²) in [7, 11) is 2.13. The van der Waals surface area contributed by atoms with E-state index in [0.717, 1.165) is 31.9 Å². The van der Waals surface area contributed by atoms with Gasteiger partial charge in [0.05, 0.1) is 10.7 Å². The fourth-order valence-corrected chi connectivity index (χ4v) is 3.74. The Hall–Kier alpha value is -3.35. The molecule has 0 unspecified atom stereocenters. The molecule has 1 aliphatic rings. The normalized spacial score (nSPS) is 14.1. The lowest BCUT2D eigenvalue weighted by molar-refractivity contribution is 0.101. The van der Waals surface area contributed by atoms with E-state index in [1.807, 2.05) is 30.3 Å². The molecular formula is C25H25ClN4O2. The van der Waals surface area contributed by atoms with E-state index < -0.39 is 0 Å². The predicted octanol–water partition coefficient (Wildman–Crippen LogP) is 4.60. The molecule has 0 spiro atoms. The Morgan fingerprint density at radius 2 is 1.41 bits per heavy atom. The highest BCUT2D eigenvalue weighted by molar-refractivity contribution is 6.34. The number of hydrogen-bond acceptors (Lipinski definition) is 4. The van der Waals surface area contributed by atoms with E-state index in [0.29, 0.717) is 27.5 Å². The van der Waals surface area contributed by atoms with Gasteiger partial charge < -0.3 is 20.4 Å². The van der Waals surface area contributed by atoms with E-state index in [4.69, 9.17) is 11.6 Å². The predicted molar refractivity (Wildman–Crippen MR) is 130 cm³/mol. The second kappa shape index (κ2) is 9.85. The van der Waals surface area contributed by atoms with Crippen LogP contribution < -0.4 is 15.5 Å². The molecule has 0 bridgehead atoms. The Morgan fingerprint density at radius 3 is 2.09 bits per heavy atom. The van der Waals surface area contributed by atoms with Crippen molar-refractivity contribution in [2.75, 3.05) is 48.8 Å². The van der Waals surface area contributed by atoms with E-state index in [1.165, 1.54) is 0 Å². The molecule has 0 aliphatic carbocycles. The molecule has 0 aromatic heterocycles. The fourth-order valence-electron chi connectivity index (χ4n) is 3.57. The minimum Gasteiger partial charge on any atom is -0.369 e. The Bertz CT molecular complexity index is 1090. The first kappa shape index (κ1) is 21.9. The SMILES string of the molecule is CN1CCN(c2ccc(C(=O)Nc3ccc(Cl)c(NC(=O)c4ccccc4)c3)cc2)CC1. The third-order valence-electron chi connectivity index (χ3n) is 5.51. The molecule has 1 aliphatic heterocycles. The van der Waals surface area contributed by atoms with Crippen molar-refractivity contribution in [2.24, 2.45) is 0 Å². The monoisotopic (exact) mass is 448 g/mol. The summed E-state index contributed by atoms with van der Waals surface area (Å²) in [4.78, 5) is 29.8. The van der Waals surface area contributed by atoms with Gasteiger partial charge in [0.1, 0.15) is 0 Å². The topological polar surface area (TPSA) is 64.7 Å². The van der Waals surface area contributed by atoms with Crippen molar-refractivity contribution < 1.29 is 9.59 Å². The van der Waals surface area contributed by atoms with Gasteiger partial charge in [-0.2, -0.15) is 0 Å². The highest BCUT2D eigenvalue weighted by Crippen LogP contribution is 2.27. The summed E-state index contributed by atoms with van der Waals surface area (Å²) in [6.07, 6.45) is 0. The molecule has 1 fully saturated rings. The quantitative estimate of drug-likeness (QED) is 0.599. The van der Waals surface area contributed by atoms with Gasteiger partial charge in [0.2, 0.25) is 0 Å². The molecule has 2 N–H and O–H groups in total. The molecule has 7 heteroatoms. The van der Waals surface area contributed by atoms with Gasteiger partial charge in [-0.05, 0) is 61.6 Å². The molecule has 2 amide bonds. The Balaban J connectivity index is 1.42. The van der Waals surface area contributed by atoms with Crippen LogP contribution in [0.2, 0.25) is 5.02 Å². The van der Waals surface area contributed by atoms with Crippen molar-refractivity contribution in [2.45, 2.75) is 0 Å². The number of nitrogens with one attached hydrogen (secondary N) is 2. The minimum atomic E-state index is -0.268. The Kier molecular flexibility index (Phi) is 6.73. The first-order valence-corrected chi connectivity index (χ1v) is 10.9. The van der Waals surface area contributed by atoms with Crippen molar-refractivity contribution in [3.05, 3.63) is 88.9 Å². The molecule has 164 valence electrons. The van der Waals surface area contributed by atoms with Gasteiger partial charge in [0.25, 0.3) is 11.8 Å². The van der Waals surface area contributed by atoms with E-state index in [9.17, 15) is 9.59 Å². The molecule has 1 saturated heterocycles. The molecule has 6 nitrogen and oxygen atoms in total. The molecular weight excluding hydrogens is 424 g/mol. The molecule has 3 aromatic rings. The van der Waals surface area contributed by atoms with Crippen LogP contribution in [-0.4, -0.2) is 49.9 Å². The molecule has 0 atom stereocenters. The van der Waals surface area contributed by atoms with Crippen LogP contribution in [-0.2, 0) is 0 Å². The maximum atomic E-state index is 12.7. The molecule has 0 saturated carbocycles. The van der Waals surface area contributed by atoms with Gasteiger partial charge in [-0.1, -0.05) is 29.8 Å². The fraction of sp³-hybridized carbons (Fsp3) is 0.200. The number of carbonyl (C=O) groups is 2. The molecule has 4 rings (SSSR count). The lowest BCUT2D eigenvalue weighted by atomic mass is 10.1. The number of rotatable bonds is 5. The summed E-state index contributed by atoms with van der Waals surface area (Å²) < 4.78 is 0. The zero-order chi connectivity index (χ0) is 22.5. The van der Waals surface area contributed by atoms with Crippen molar-refractivity contribution >= 4 is 40.5 Å². The van der Waals surface area contributed by atoms with Crippen molar-refractivity contribution in [1.82, 2.24) is 4.90 Å². The number of amides is 2. The molecule has 3 aromatic carbocycles. The lowest BCUT2D eigenvalue weighted by Gasteiger charge is -2.34. The van der Waals surface area contributed by atoms with Gasteiger partial charge in [-0.3, -0.25) is 9.59 Å². The zero-order valence-corrected chi connectivity index (χ0v) is 18.6. The third-order valence-corrected chi connectivity index (χ3v) is 5.84. The molecule has 32 heavy (non-hydrogen) atoms. The number of likely N-dealkylation sites (N-methyl/N-ethyl adjacent to an activating group) is 1. The van der Waals surface area contributed by atoms with Gasteiger partial charge in [-0.25, -0.2) is 0 Å². The first-order valence-electron chi connectivity index (χ1n) is 10.5. The highest BCUT2D eigenvalue weighted by atomic mass is 35.5. The number of nitrogens with zero attached hydrogens (tertiary/aromatic N) is 2. The van der Waals surface area contributed by atoms with Gasteiger partial charge in [0.15, 0.2) is 0 Å². The smallest absolute Gasteiger partial charge is 0.255 e. The summed E-state index contributed by atoms with van der Waals surface area (Å²) in [5, 5.41) is 6.06. The Labute approximate surface area is 192 Å². The number of hydrogen-bond donors (Lipinski definition) is 2. The zero-order valence-electron chi connectivity index (χ0n) is 17.8. The van der Waals surface area contributed by atoms with Crippen LogP contribution >= 0.6 is 11.6 Å². The van der Waals surface area contributed by atoms with Crippen LogP contribution in [0.4, 0.5) is 17.1 Å². The lowest BCUT2D eigenvalue weighted by Crippen LogP contribution is -2.44. The minimum absolute atomic E-state index is 0.224. The number of benzene rings is 3. The third kappa shape index (κ3) is 5.28. The van der Waals surface area contributed by atoms with Crippen LogP contribution in [0.3, 0.4) is 0 Å². The summed E-state index contributed by atoms with van der Waals surface area (Å²) in [5.41, 5.74) is 3.19. The van der Waals surface area contributed by atoms with Gasteiger partial charge in [0, 0.05) is 48.7 Å². The second-order valence-electron chi connectivity index (χ2n) is 7.81. The average Bonchev–Trinajstić information content (AvgIpc) is 2.82. The Morgan fingerprint density at radius 1 is 0.781 bits per heavy atom. The van der Waals surface area contributed by atoms with E-state index in [1.54, 1.807) is 42.5 Å². The summed E-state index contributed by atoms with van der Waals surface area (Å²) in [6, 6.07) is 21.5. The van der Waals surface area contributed by atoms with Gasteiger partial charge in [-0.15, -0.1) is 0 Å². The second-order valence-corrected chi connectivity index (χ2v) is 8.21. The van der Waals surface area contributed by atoms with E-state index in [2.05, 4.69) is 27.5 Å². The largest absolute Gasteiger partial charge is 0.369 e. The van der Waals surface area contributed by atoms with E-state index >= 15 is 0 Å². The van der Waals surface area contributed by atoms with E-state index in [-0.39, 0.29) is 11.8 Å². The van der Waals surface area contributed by atoms with Crippen LogP contribution in [0.1, 0.15) is 20.7 Å². The summed E-state index contributed by atoms with van der Waals surface area (Å²) in [6.45, 7) is 4.01. The van der Waals surface area contributed by atoms with Gasteiger partial charge >= 0.3 is 0 Å². The first-order chi connectivity index (χ1) is 15.5. The van der Waals surface area contributed by atoms with Crippen molar-refractivity contribution in [3.8, 4) is 0 Å².